The Morgan fingerprint density at radius 3 is 2.80 bits per heavy atom. The summed E-state index contributed by atoms with van der Waals surface area (Å²) in [6.07, 6.45) is 4.84. The van der Waals surface area contributed by atoms with Crippen LogP contribution in [0, 0.1) is 0 Å². The van der Waals surface area contributed by atoms with Gasteiger partial charge in [0.1, 0.15) is 12.4 Å². The largest absolute Gasteiger partial charge is 0.381 e. The summed E-state index contributed by atoms with van der Waals surface area (Å²) < 4.78 is 11.0. The molecule has 0 N–H and O–H groups in total. The fourth-order valence-electron chi connectivity index (χ4n) is 4.12. The van der Waals surface area contributed by atoms with Crippen LogP contribution in [0.1, 0.15) is 29.7 Å². The number of nitrogens with zero attached hydrogens (tertiary/aromatic N) is 6. The molecule has 1 saturated heterocycles. The number of anilines is 2. The van der Waals surface area contributed by atoms with E-state index in [1.165, 1.54) is 0 Å². The Morgan fingerprint density at radius 2 is 1.97 bits per heavy atom. The zero-order chi connectivity index (χ0) is 19.9. The molecule has 3 aliphatic heterocycles. The third kappa shape index (κ3) is 2.88. The van der Waals surface area contributed by atoms with Crippen LogP contribution in [0.2, 0.25) is 0 Å². The van der Waals surface area contributed by atoms with Gasteiger partial charge in [-0.3, -0.25) is 9.98 Å². The second kappa shape index (κ2) is 7.07. The van der Waals surface area contributed by atoms with Crippen molar-refractivity contribution in [2.75, 3.05) is 29.7 Å². The zero-order valence-electron chi connectivity index (χ0n) is 16.3. The van der Waals surface area contributed by atoms with Crippen molar-refractivity contribution in [1.29, 1.82) is 0 Å². The molecule has 1 fully saturated rings. The van der Waals surface area contributed by atoms with Gasteiger partial charge >= 0.3 is 0 Å². The molecule has 1 aromatic carbocycles. The molecule has 0 aliphatic carbocycles. The van der Waals surface area contributed by atoms with E-state index >= 15 is 0 Å². The summed E-state index contributed by atoms with van der Waals surface area (Å²) in [4.78, 5) is 18.3. The van der Waals surface area contributed by atoms with E-state index in [2.05, 4.69) is 49.3 Å². The first-order valence-electron chi connectivity index (χ1n) is 10.1. The molecule has 0 amide bonds. The van der Waals surface area contributed by atoms with Crippen molar-refractivity contribution in [3.63, 3.8) is 0 Å². The number of fused-ring (bicyclic) bond motifs is 3. The lowest BCUT2D eigenvalue weighted by Gasteiger charge is -2.34. The SMILES string of the molecule is C1=C2C(c3noc(C4CCOC4)n3)=NCN2c2ccccc2N1Cc1ccccn1. The normalized spacial score (nSPS) is 20.1. The Bertz CT molecular complexity index is 1130. The molecule has 30 heavy (non-hydrogen) atoms. The summed E-state index contributed by atoms with van der Waals surface area (Å²) in [6, 6.07) is 14.3. The van der Waals surface area contributed by atoms with Gasteiger partial charge in [0, 0.05) is 19.0 Å². The number of allylic oxidation sites excluding steroid dienone is 1. The maximum atomic E-state index is 5.54. The van der Waals surface area contributed by atoms with E-state index in [1.807, 2.05) is 30.5 Å². The summed E-state index contributed by atoms with van der Waals surface area (Å²) in [5.41, 5.74) is 4.96. The van der Waals surface area contributed by atoms with Crippen LogP contribution in [0.5, 0.6) is 0 Å². The number of aliphatic imine (C=N–C) groups is 1. The van der Waals surface area contributed by atoms with Gasteiger partial charge in [-0.05, 0) is 30.7 Å². The standard InChI is InChI=1S/C22H20N6O2/c1-2-7-18-17(6-1)27(11-16-5-3-4-9-23-16)12-19-20(24-14-28(18)19)21-25-22(30-26-21)15-8-10-29-13-15/h1-7,9,12,15H,8,10-11,13-14H2. The minimum absolute atomic E-state index is 0.172. The van der Waals surface area contributed by atoms with Crippen molar-refractivity contribution in [2.24, 2.45) is 4.99 Å². The molecule has 8 nitrogen and oxygen atoms in total. The van der Waals surface area contributed by atoms with Gasteiger partial charge in [-0.1, -0.05) is 23.4 Å². The number of aromatic nitrogens is 3. The van der Waals surface area contributed by atoms with Gasteiger partial charge in [0.2, 0.25) is 11.7 Å². The van der Waals surface area contributed by atoms with Gasteiger partial charge in [0.25, 0.3) is 0 Å². The average Bonchev–Trinajstić information content (AvgIpc) is 3.54. The third-order valence-electron chi connectivity index (χ3n) is 5.65. The van der Waals surface area contributed by atoms with Crippen molar-refractivity contribution in [3.05, 3.63) is 78.0 Å². The first-order valence-corrected chi connectivity index (χ1v) is 10.1. The molecular formula is C22H20N6O2. The number of rotatable bonds is 4. The summed E-state index contributed by atoms with van der Waals surface area (Å²) in [7, 11) is 0. The van der Waals surface area contributed by atoms with E-state index in [1.54, 1.807) is 0 Å². The second-order valence-electron chi connectivity index (χ2n) is 7.54. The van der Waals surface area contributed by atoms with Crippen LogP contribution in [0.25, 0.3) is 0 Å². The van der Waals surface area contributed by atoms with Gasteiger partial charge in [-0.25, -0.2) is 0 Å². The fraction of sp³-hybridized carbons (Fsp3) is 0.273. The van der Waals surface area contributed by atoms with Crippen molar-refractivity contribution in [1.82, 2.24) is 15.1 Å². The van der Waals surface area contributed by atoms with Crippen LogP contribution in [0.4, 0.5) is 11.4 Å². The minimum atomic E-state index is 0.172. The van der Waals surface area contributed by atoms with E-state index in [4.69, 9.17) is 14.3 Å². The van der Waals surface area contributed by atoms with E-state index < -0.39 is 0 Å². The number of ether oxygens (including phenoxy) is 1. The lowest BCUT2D eigenvalue weighted by molar-refractivity contribution is 0.189. The molecule has 0 saturated carbocycles. The molecule has 3 aliphatic rings. The molecule has 1 unspecified atom stereocenters. The van der Waals surface area contributed by atoms with E-state index in [0.717, 1.165) is 41.5 Å². The first kappa shape index (κ1) is 17.3. The molecule has 1 atom stereocenters. The Morgan fingerprint density at radius 1 is 1.07 bits per heavy atom. The molecular weight excluding hydrogens is 380 g/mol. The molecule has 5 heterocycles. The van der Waals surface area contributed by atoms with Crippen LogP contribution >= 0.6 is 0 Å². The van der Waals surface area contributed by atoms with Crippen molar-refractivity contribution in [3.8, 4) is 0 Å². The van der Waals surface area contributed by atoms with Gasteiger partial charge in [-0.2, -0.15) is 4.98 Å². The quantitative estimate of drug-likeness (QED) is 0.666. The summed E-state index contributed by atoms with van der Waals surface area (Å²) in [5, 5.41) is 4.23. The summed E-state index contributed by atoms with van der Waals surface area (Å²) in [5.74, 6) is 1.33. The smallest absolute Gasteiger partial charge is 0.232 e. The maximum absolute atomic E-state index is 5.54. The van der Waals surface area contributed by atoms with Crippen molar-refractivity contribution in [2.45, 2.75) is 18.9 Å². The molecule has 3 aromatic rings. The lowest BCUT2D eigenvalue weighted by atomic mass is 10.1. The fourth-order valence-corrected chi connectivity index (χ4v) is 4.12. The van der Waals surface area contributed by atoms with Crippen molar-refractivity contribution >= 4 is 17.1 Å². The number of pyridine rings is 1. The third-order valence-corrected chi connectivity index (χ3v) is 5.65. The lowest BCUT2D eigenvalue weighted by Crippen LogP contribution is -2.32. The topological polar surface area (TPSA) is 79.9 Å². The highest BCUT2D eigenvalue weighted by molar-refractivity contribution is 6.15. The monoisotopic (exact) mass is 400 g/mol. The van der Waals surface area contributed by atoms with Crippen LogP contribution in [-0.4, -0.2) is 40.7 Å². The van der Waals surface area contributed by atoms with Crippen LogP contribution in [-0.2, 0) is 11.3 Å². The highest BCUT2D eigenvalue weighted by Gasteiger charge is 2.34. The van der Waals surface area contributed by atoms with Gasteiger partial charge < -0.3 is 19.1 Å². The Labute approximate surface area is 173 Å². The Kier molecular flexibility index (Phi) is 4.09. The minimum Gasteiger partial charge on any atom is -0.381 e. The molecule has 0 radical (unpaired) electrons. The molecule has 0 bridgehead atoms. The Hall–Kier alpha value is -3.52. The molecule has 2 aromatic heterocycles. The van der Waals surface area contributed by atoms with Gasteiger partial charge in [0.15, 0.2) is 0 Å². The van der Waals surface area contributed by atoms with Crippen LogP contribution in [0.15, 0.2) is 70.1 Å². The number of benzene rings is 1. The Balaban J connectivity index is 1.36. The average molecular weight is 400 g/mol. The first-order chi connectivity index (χ1) is 14.9. The molecule has 150 valence electrons. The van der Waals surface area contributed by atoms with Crippen LogP contribution in [0.3, 0.4) is 0 Å². The summed E-state index contributed by atoms with van der Waals surface area (Å²) in [6.45, 7) is 2.57. The molecule has 6 rings (SSSR count). The highest BCUT2D eigenvalue weighted by atomic mass is 16.5. The van der Waals surface area contributed by atoms with Crippen molar-refractivity contribution < 1.29 is 9.26 Å². The number of para-hydroxylation sites is 2. The zero-order valence-corrected chi connectivity index (χ0v) is 16.3. The van der Waals surface area contributed by atoms with Gasteiger partial charge in [0.05, 0.1) is 41.8 Å². The second-order valence-corrected chi connectivity index (χ2v) is 7.54. The predicted octanol–water partition coefficient (Wildman–Crippen LogP) is 3.10. The summed E-state index contributed by atoms with van der Waals surface area (Å²) >= 11 is 0. The van der Waals surface area contributed by atoms with Gasteiger partial charge in [-0.15, -0.1) is 0 Å². The number of hydrogen-bond acceptors (Lipinski definition) is 8. The predicted molar refractivity (Wildman–Crippen MR) is 111 cm³/mol. The molecule has 0 spiro atoms. The van der Waals surface area contributed by atoms with Crippen LogP contribution < -0.4 is 9.80 Å². The van der Waals surface area contributed by atoms with E-state index in [9.17, 15) is 0 Å². The highest BCUT2D eigenvalue weighted by Crippen LogP contribution is 2.40. The van der Waals surface area contributed by atoms with E-state index in [0.29, 0.717) is 31.5 Å². The molecule has 8 heteroatoms. The van der Waals surface area contributed by atoms with E-state index in [-0.39, 0.29) is 5.92 Å². The maximum Gasteiger partial charge on any atom is 0.232 e. The number of hydrogen-bond donors (Lipinski definition) is 0.